The minimum Gasteiger partial charge on any atom is -0.443 e. The number of alkyl carbamates (subject to hydrolysis) is 2. The van der Waals surface area contributed by atoms with Crippen molar-refractivity contribution in [3.05, 3.63) is 65.1 Å². The van der Waals surface area contributed by atoms with E-state index in [9.17, 15) is 22.8 Å². The molecule has 0 spiro atoms. The third-order valence-electron chi connectivity index (χ3n) is 13.7. The van der Waals surface area contributed by atoms with Gasteiger partial charge in [-0.3, -0.25) is 14.2 Å². The molecule has 6 aliphatic carbocycles. The van der Waals surface area contributed by atoms with Crippen molar-refractivity contribution in [1.29, 1.82) is 0 Å². The van der Waals surface area contributed by atoms with Crippen molar-refractivity contribution in [3.8, 4) is 5.88 Å². The molecular weight excluding hydrogens is 944 g/mol. The number of aromatic nitrogens is 10. The van der Waals surface area contributed by atoms with Crippen LogP contribution in [0.25, 0.3) is 11.2 Å². The zero-order valence-electron chi connectivity index (χ0n) is 38.8. The van der Waals surface area contributed by atoms with Crippen LogP contribution in [-0.4, -0.2) is 106 Å². The van der Waals surface area contributed by atoms with E-state index in [4.69, 9.17) is 29.1 Å². The van der Waals surface area contributed by atoms with E-state index in [-0.39, 0.29) is 78.0 Å². The number of H-pyrrole nitrogens is 2. The highest BCUT2D eigenvalue weighted by Crippen LogP contribution is 2.57. The summed E-state index contributed by atoms with van der Waals surface area (Å²) in [6.07, 6.45) is -2.91. The number of amides is 2. The van der Waals surface area contributed by atoms with E-state index in [1.807, 2.05) is 16.8 Å². The molecule has 0 aromatic carbocycles. The Kier molecular flexibility index (Phi) is 11.9. The Morgan fingerprint density at radius 1 is 0.901 bits per heavy atom. The lowest BCUT2D eigenvalue weighted by molar-refractivity contribution is -0.578. The van der Waals surface area contributed by atoms with E-state index in [2.05, 4.69) is 51.3 Å². The number of aromatic amines is 2. The van der Waals surface area contributed by atoms with Crippen molar-refractivity contribution in [1.82, 2.24) is 55.2 Å². The van der Waals surface area contributed by atoms with E-state index in [1.54, 1.807) is 33.1 Å². The van der Waals surface area contributed by atoms with Gasteiger partial charge in [-0.15, -0.1) is 18.3 Å². The van der Waals surface area contributed by atoms with Crippen LogP contribution in [0, 0.1) is 5.92 Å². The standard InChI is InChI=1S/C45H51F5N14O7/c1-21(2)51-42(65)69-34-8-24(6-28(34)46)30-11-36(59-58-30)54-41-56-39(13-37-52-27(17-62(37)41)20-68-45(48,49)50)71-64-38(55-40-33-10-26(19-67-3)60-63(33)18-32(53-40)23-4-5-23)12-31(61-64)25-7-29(47)35(9-25)70-43(66)57-44-14-22(15-44)16-44/h10-13,17-18,21-25,28-29,34-35H,4-9,14-16,19-20H2,1-3H3,(H5,51,52,53,54,55,56,57,58,59,60,61,65,66)/p+1/t22?,24-,25-,28+,29+,34-,35-,44?/m0/s1. The van der Waals surface area contributed by atoms with Gasteiger partial charge < -0.3 is 40.3 Å². The second-order valence-corrected chi connectivity index (χ2v) is 19.7. The molecule has 0 radical (unpaired) electrons. The summed E-state index contributed by atoms with van der Waals surface area (Å²) in [5.41, 5.74) is 2.98. The van der Waals surface area contributed by atoms with Crippen LogP contribution in [0.4, 0.5) is 54.9 Å². The van der Waals surface area contributed by atoms with Crippen LogP contribution >= 0.6 is 0 Å². The average Bonchev–Trinajstić information content (AvgIpc) is 3.81. The summed E-state index contributed by atoms with van der Waals surface area (Å²) >= 11 is 0. The number of hydrogen-bond acceptors (Lipinski definition) is 14. The van der Waals surface area contributed by atoms with Gasteiger partial charge in [-0.05, 0) is 77.6 Å². The topological polar surface area (TPSA) is 238 Å². The molecule has 6 fully saturated rings. The van der Waals surface area contributed by atoms with Crippen molar-refractivity contribution in [3.63, 3.8) is 0 Å². The van der Waals surface area contributed by atoms with Gasteiger partial charge in [0.15, 0.2) is 11.6 Å². The number of nitrogens with one attached hydrogen (secondary N) is 6. The number of anilines is 4. The Bertz CT molecular complexity index is 2950. The van der Waals surface area contributed by atoms with E-state index < -0.39 is 61.5 Å². The van der Waals surface area contributed by atoms with Crippen LogP contribution in [0.2, 0.25) is 0 Å². The van der Waals surface area contributed by atoms with Crippen molar-refractivity contribution in [2.75, 3.05) is 17.7 Å². The maximum Gasteiger partial charge on any atom is 0.522 e. The van der Waals surface area contributed by atoms with Crippen molar-refractivity contribution >= 4 is 46.8 Å². The average molecular weight is 996 g/mol. The number of halogens is 5. The van der Waals surface area contributed by atoms with E-state index >= 15 is 8.78 Å². The van der Waals surface area contributed by atoms with Crippen molar-refractivity contribution in [2.24, 2.45) is 5.92 Å². The monoisotopic (exact) mass is 995 g/mol. The lowest BCUT2D eigenvalue weighted by Crippen LogP contribution is -2.68. The molecule has 0 saturated heterocycles. The summed E-state index contributed by atoms with van der Waals surface area (Å²) in [7, 11) is 1.59. The highest BCUT2D eigenvalue weighted by Gasteiger charge is 2.58. The fraction of sp³-hybridized carbons (Fsp3) is 0.556. The molecule has 378 valence electrons. The number of alkyl halides is 5. The molecule has 26 heteroatoms. The number of fused-ring (bicyclic) bond motifs is 2. The molecule has 12 rings (SSSR count). The number of methoxy groups -OCH3 is 1. The molecule has 6 atom stereocenters. The predicted octanol–water partition coefficient (Wildman–Crippen LogP) is 7.08. The third-order valence-corrected chi connectivity index (χ3v) is 13.7. The van der Waals surface area contributed by atoms with Gasteiger partial charge in [-0.25, -0.2) is 28.3 Å². The van der Waals surface area contributed by atoms with Gasteiger partial charge in [-0.1, -0.05) is 9.36 Å². The minimum absolute atomic E-state index is 0.00405. The maximum atomic E-state index is 15.7. The number of imidazole rings is 1. The van der Waals surface area contributed by atoms with Crippen LogP contribution in [-0.2, 0) is 32.2 Å². The molecule has 6 aromatic rings. The molecule has 0 unspecified atom stereocenters. The summed E-state index contributed by atoms with van der Waals surface area (Å²) in [6, 6.07) is 6.38. The zero-order chi connectivity index (χ0) is 49.3. The highest BCUT2D eigenvalue weighted by atomic mass is 19.4. The van der Waals surface area contributed by atoms with Crippen LogP contribution in [0.5, 0.6) is 5.88 Å². The normalized spacial score (nSPS) is 25.8. The molecule has 6 aliphatic rings. The Labute approximate surface area is 400 Å². The van der Waals surface area contributed by atoms with Crippen LogP contribution in [0.15, 0.2) is 36.7 Å². The lowest BCUT2D eigenvalue weighted by Gasteiger charge is -2.61. The number of carbonyl (C=O) groups is 2. The van der Waals surface area contributed by atoms with E-state index in [0.29, 0.717) is 35.2 Å². The van der Waals surface area contributed by atoms with Gasteiger partial charge >= 0.3 is 18.5 Å². The summed E-state index contributed by atoms with van der Waals surface area (Å²) in [4.78, 5) is 46.7. The fourth-order valence-corrected chi connectivity index (χ4v) is 10.1. The van der Waals surface area contributed by atoms with Gasteiger partial charge in [0.25, 0.3) is 11.4 Å². The summed E-state index contributed by atoms with van der Waals surface area (Å²) < 4.78 is 94.1. The summed E-state index contributed by atoms with van der Waals surface area (Å²) in [5, 5.41) is 27.3. The van der Waals surface area contributed by atoms with Gasteiger partial charge in [0, 0.05) is 72.6 Å². The van der Waals surface area contributed by atoms with Crippen LogP contribution in [0.3, 0.4) is 0 Å². The van der Waals surface area contributed by atoms with E-state index in [0.717, 1.165) is 48.3 Å². The summed E-state index contributed by atoms with van der Waals surface area (Å²) in [6.45, 7) is 2.91. The van der Waals surface area contributed by atoms with Crippen molar-refractivity contribution < 1.29 is 59.8 Å². The Morgan fingerprint density at radius 3 is 2.35 bits per heavy atom. The predicted molar refractivity (Wildman–Crippen MR) is 237 cm³/mol. The Balaban J connectivity index is 0.904. The second-order valence-electron chi connectivity index (χ2n) is 19.7. The van der Waals surface area contributed by atoms with E-state index in [1.165, 1.54) is 16.7 Å². The lowest BCUT2D eigenvalue weighted by atomic mass is 9.50. The Morgan fingerprint density at radius 2 is 1.65 bits per heavy atom. The van der Waals surface area contributed by atoms with Crippen LogP contribution < -0.4 is 30.6 Å². The Hall–Kier alpha value is -6.83. The first kappa shape index (κ1) is 46.5. The number of carbonyl (C=O) groups excluding carboxylic acids is 2. The summed E-state index contributed by atoms with van der Waals surface area (Å²) in [5.74, 6) is 0.716. The number of rotatable bonds is 17. The van der Waals surface area contributed by atoms with Crippen LogP contribution in [0.1, 0.15) is 118 Å². The molecule has 6 N–H and O–H groups in total. The fourth-order valence-electron chi connectivity index (χ4n) is 10.1. The van der Waals surface area contributed by atoms with Gasteiger partial charge in [-0.2, -0.15) is 15.2 Å². The second kappa shape index (κ2) is 18.1. The van der Waals surface area contributed by atoms with Crippen molar-refractivity contribution in [2.45, 2.75) is 145 Å². The molecule has 0 aliphatic heterocycles. The highest BCUT2D eigenvalue weighted by molar-refractivity contribution is 5.70. The largest absolute Gasteiger partial charge is 0.522 e. The molecule has 6 aromatic heterocycles. The maximum absolute atomic E-state index is 15.7. The number of nitrogens with zero attached hydrogens (tertiary/aromatic N) is 8. The molecule has 21 nitrogen and oxygen atoms in total. The minimum atomic E-state index is -4.93. The van der Waals surface area contributed by atoms with Gasteiger partial charge in [0.1, 0.15) is 41.6 Å². The van der Waals surface area contributed by atoms with Gasteiger partial charge in [0.2, 0.25) is 18.0 Å². The quantitative estimate of drug-likeness (QED) is 0.0396. The molecule has 2 bridgehead atoms. The number of ether oxygens (including phenoxy) is 4. The first-order valence-electron chi connectivity index (χ1n) is 23.7. The smallest absolute Gasteiger partial charge is 0.443 e. The molecular formula is C45H52F5N14O7+. The molecule has 2 amide bonds. The number of hydrogen-bond donors (Lipinski definition) is 6. The SMILES string of the molecule is COCc1cc2c(Nc3cc([C@H]4C[C@@H](F)[C@@H](OC(=O)NC56CC(C5)C6)C4)nn3Oc3cc4nc(COC(F)(F)F)cn4c(Nc4cc([C@H]5C[C@@H](F)[C@@H](OC(=O)NC(C)C)C5)[nH]n4)n3)nc(C3CC3)c[n+]2[nH]1. The molecule has 6 heterocycles. The molecule has 6 saturated carbocycles. The first-order chi connectivity index (χ1) is 34.0. The molecule has 71 heavy (non-hydrogen) atoms. The first-order valence-corrected chi connectivity index (χ1v) is 23.7. The third kappa shape index (κ3) is 9.94. The van der Waals surface area contributed by atoms with Gasteiger partial charge in [0.05, 0.1) is 24.6 Å². The zero-order valence-corrected chi connectivity index (χ0v) is 38.8.